The molecule has 27 heavy (non-hydrogen) atoms. The van der Waals surface area contributed by atoms with E-state index < -0.39 is 0 Å². The van der Waals surface area contributed by atoms with Gasteiger partial charge in [-0.3, -0.25) is 9.59 Å². The van der Waals surface area contributed by atoms with Crippen molar-refractivity contribution in [1.82, 2.24) is 0 Å². The van der Waals surface area contributed by atoms with Gasteiger partial charge >= 0.3 is 0 Å². The minimum Gasteiger partial charge on any atom is -0.359 e. The predicted molar refractivity (Wildman–Crippen MR) is 107 cm³/mol. The van der Waals surface area contributed by atoms with Gasteiger partial charge < -0.3 is 9.80 Å². The van der Waals surface area contributed by atoms with Crippen LogP contribution in [0.1, 0.15) is 6.42 Å². The van der Waals surface area contributed by atoms with Gasteiger partial charge in [0.1, 0.15) is 0 Å². The van der Waals surface area contributed by atoms with Crippen LogP contribution in [0.3, 0.4) is 0 Å². The molecule has 2 heterocycles. The number of hydrogen-bond donors (Lipinski definition) is 1. The van der Waals surface area contributed by atoms with E-state index >= 15 is 0 Å². The van der Waals surface area contributed by atoms with Gasteiger partial charge in [0.2, 0.25) is 5.91 Å². The molecule has 1 atom stereocenters. The number of carbonyl (C=O) groups is 2. The average molecular weight is 405 g/mol. The smallest absolute Gasteiger partial charge is 0.292 e. The van der Waals surface area contributed by atoms with Crippen LogP contribution in [-0.2, 0) is 9.59 Å². The Morgan fingerprint density at radius 1 is 0.963 bits per heavy atom. The van der Waals surface area contributed by atoms with Crippen molar-refractivity contribution in [3.05, 3.63) is 58.6 Å². The molecule has 0 saturated carbocycles. The molecule has 0 unspecified atom stereocenters. The molecule has 1 N–H and O–H groups in total. The second kappa shape index (κ2) is 7.50. The third kappa shape index (κ3) is 3.55. The van der Waals surface area contributed by atoms with Crippen LogP contribution in [-0.4, -0.2) is 44.0 Å². The maximum absolute atomic E-state index is 12.9. The fourth-order valence-corrected chi connectivity index (χ4v) is 4.37. The molecule has 2 aromatic rings. The van der Waals surface area contributed by atoms with E-state index in [1.165, 1.54) is 4.90 Å². The molecule has 2 aliphatic rings. The molecule has 2 aromatic carbocycles. The van der Waals surface area contributed by atoms with Gasteiger partial charge in [0.05, 0.1) is 49.0 Å². The maximum atomic E-state index is 12.9. The lowest BCUT2D eigenvalue weighted by Crippen LogP contribution is -3.19. The summed E-state index contributed by atoms with van der Waals surface area (Å²) in [6, 6.07) is 14.3. The number of halogens is 2. The van der Waals surface area contributed by atoms with Gasteiger partial charge in [0.15, 0.2) is 6.04 Å². The van der Waals surface area contributed by atoms with Crippen molar-refractivity contribution in [2.24, 2.45) is 0 Å². The van der Waals surface area contributed by atoms with Crippen molar-refractivity contribution in [3.8, 4) is 0 Å². The number of nitrogens with zero attached hydrogens (tertiary/aromatic N) is 2. The molecule has 0 bridgehead atoms. The number of anilines is 2. The Morgan fingerprint density at radius 2 is 1.70 bits per heavy atom. The quantitative estimate of drug-likeness (QED) is 0.796. The van der Waals surface area contributed by atoms with Gasteiger partial charge in [-0.1, -0.05) is 41.4 Å². The van der Waals surface area contributed by atoms with Crippen molar-refractivity contribution >= 4 is 46.4 Å². The van der Waals surface area contributed by atoms with Crippen LogP contribution >= 0.6 is 23.2 Å². The van der Waals surface area contributed by atoms with Gasteiger partial charge in [0, 0.05) is 5.02 Å². The minimum absolute atomic E-state index is 0.136. The third-order valence-electron chi connectivity index (χ3n) is 5.30. The number of hydrogen-bond acceptors (Lipinski definition) is 3. The highest BCUT2D eigenvalue weighted by Gasteiger charge is 2.46. The van der Waals surface area contributed by atoms with E-state index in [1.807, 2.05) is 24.3 Å². The number of carbonyl (C=O) groups excluding carboxylic acids is 2. The van der Waals surface area contributed by atoms with Crippen LogP contribution in [0.15, 0.2) is 48.5 Å². The summed E-state index contributed by atoms with van der Waals surface area (Å²) >= 11 is 12.3. The van der Waals surface area contributed by atoms with Gasteiger partial charge in [-0.05, 0) is 30.3 Å². The van der Waals surface area contributed by atoms with Crippen LogP contribution in [0.4, 0.5) is 11.4 Å². The Balaban J connectivity index is 1.45. The highest BCUT2D eigenvalue weighted by molar-refractivity contribution is 6.33. The zero-order valence-electron chi connectivity index (χ0n) is 14.7. The third-order valence-corrected chi connectivity index (χ3v) is 5.86. The van der Waals surface area contributed by atoms with Gasteiger partial charge in [-0.2, -0.15) is 0 Å². The molecular formula is C20H20Cl2N3O2+. The summed E-state index contributed by atoms with van der Waals surface area (Å²) in [5.41, 5.74) is 1.57. The van der Waals surface area contributed by atoms with Crippen molar-refractivity contribution in [3.63, 3.8) is 0 Å². The van der Waals surface area contributed by atoms with E-state index in [1.54, 1.807) is 24.3 Å². The SMILES string of the molecule is O=C1C[C@@H]([NH+]2CCN(c3ccccc3Cl)CC2)C(=O)N1c1cccc(Cl)c1. The van der Waals surface area contributed by atoms with E-state index in [4.69, 9.17) is 23.2 Å². The highest BCUT2D eigenvalue weighted by atomic mass is 35.5. The minimum atomic E-state index is -0.329. The molecule has 5 nitrogen and oxygen atoms in total. The van der Waals surface area contributed by atoms with E-state index in [9.17, 15) is 9.59 Å². The van der Waals surface area contributed by atoms with Crippen LogP contribution < -0.4 is 14.7 Å². The summed E-state index contributed by atoms with van der Waals surface area (Å²) in [5.74, 6) is -0.295. The van der Waals surface area contributed by atoms with Crippen LogP contribution in [0, 0.1) is 0 Å². The van der Waals surface area contributed by atoms with Gasteiger partial charge in [-0.25, -0.2) is 4.90 Å². The standard InChI is InChI=1S/C20H19Cl2N3O2/c21-14-4-3-5-15(12-14)25-19(26)13-18(20(25)27)24-10-8-23(9-11-24)17-7-2-1-6-16(17)22/h1-7,12,18H,8-11,13H2/p+1/t18-/m1/s1. The maximum Gasteiger partial charge on any atom is 0.292 e. The first kappa shape index (κ1) is 18.3. The highest BCUT2D eigenvalue weighted by Crippen LogP contribution is 2.26. The van der Waals surface area contributed by atoms with Crippen molar-refractivity contribution in [2.45, 2.75) is 12.5 Å². The number of amides is 2. The molecule has 0 radical (unpaired) electrons. The summed E-state index contributed by atoms with van der Waals surface area (Å²) in [7, 11) is 0. The molecule has 7 heteroatoms. The normalized spacial score (nSPS) is 21.2. The Hall–Kier alpha value is -2.08. The van der Waals surface area contributed by atoms with E-state index in [-0.39, 0.29) is 24.3 Å². The van der Waals surface area contributed by atoms with Crippen LogP contribution in [0.5, 0.6) is 0 Å². The van der Waals surface area contributed by atoms with Crippen LogP contribution in [0.25, 0.3) is 0 Å². The lowest BCUT2D eigenvalue weighted by Gasteiger charge is -2.36. The monoisotopic (exact) mass is 404 g/mol. The summed E-state index contributed by atoms with van der Waals surface area (Å²) in [6.45, 7) is 3.18. The molecule has 2 saturated heterocycles. The van der Waals surface area contributed by atoms with Crippen LogP contribution in [0.2, 0.25) is 10.0 Å². The fourth-order valence-electron chi connectivity index (χ4n) is 3.93. The molecule has 0 aromatic heterocycles. The van der Waals surface area contributed by atoms with Crippen molar-refractivity contribution in [1.29, 1.82) is 0 Å². The number of nitrogens with one attached hydrogen (secondary N) is 1. The molecule has 0 spiro atoms. The Morgan fingerprint density at radius 3 is 2.41 bits per heavy atom. The fraction of sp³-hybridized carbons (Fsp3) is 0.300. The molecular weight excluding hydrogens is 385 g/mol. The lowest BCUT2D eigenvalue weighted by molar-refractivity contribution is -0.915. The Kier molecular flexibility index (Phi) is 5.08. The lowest BCUT2D eigenvalue weighted by atomic mass is 10.1. The summed E-state index contributed by atoms with van der Waals surface area (Å²) in [5, 5.41) is 1.25. The van der Waals surface area contributed by atoms with E-state index in [2.05, 4.69) is 4.90 Å². The second-order valence-electron chi connectivity index (χ2n) is 6.90. The van der Waals surface area contributed by atoms with Gasteiger partial charge in [-0.15, -0.1) is 0 Å². The topological polar surface area (TPSA) is 45.1 Å². The molecule has 4 rings (SSSR count). The molecule has 140 valence electrons. The molecule has 0 aliphatic carbocycles. The first-order chi connectivity index (χ1) is 13.0. The number of quaternary nitrogens is 1. The first-order valence-corrected chi connectivity index (χ1v) is 9.76. The average Bonchev–Trinajstić information content (AvgIpc) is 2.96. The summed E-state index contributed by atoms with van der Waals surface area (Å²) in [6.07, 6.45) is 0.243. The Bertz CT molecular complexity index is 881. The van der Waals surface area contributed by atoms with Gasteiger partial charge in [0.25, 0.3) is 5.91 Å². The molecule has 2 amide bonds. The second-order valence-corrected chi connectivity index (χ2v) is 7.74. The number of benzene rings is 2. The largest absolute Gasteiger partial charge is 0.359 e. The predicted octanol–water partition coefficient (Wildman–Crippen LogP) is 2.03. The Labute approximate surface area is 168 Å². The molecule has 2 aliphatic heterocycles. The zero-order chi connectivity index (χ0) is 19.0. The number of imide groups is 1. The van der Waals surface area contributed by atoms with Crippen molar-refractivity contribution in [2.75, 3.05) is 36.0 Å². The summed E-state index contributed by atoms with van der Waals surface area (Å²) < 4.78 is 0. The molecule has 2 fully saturated rings. The van der Waals surface area contributed by atoms with E-state index in [0.717, 1.165) is 41.8 Å². The number of piperazine rings is 1. The zero-order valence-corrected chi connectivity index (χ0v) is 16.2. The first-order valence-electron chi connectivity index (χ1n) is 9.01. The number of rotatable bonds is 3. The number of para-hydroxylation sites is 1. The summed E-state index contributed by atoms with van der Waals surface area (Å²) in [4.78, 5) is 30.1. The van der Waals surface area contributed by atoms with Crippen molar-refractivity contribution < 1.29 is 14.5 Å². The van der Waals surface area contributed by atoms with E-state index in [0.29, 0.717) is 10.7 Å².